The summed E-state index contributed by atoms with van der Waals surface area (Å²) in [4.78, 5) is 25.1. The Morgan fingerprint density at radius 1 is 1.19 bits per heavy atom. The van der Waals surface area contributed by atoms with Crippen molar-refractivity contribution in [2.75, 3.05) is 19.0 Å². The van der Waals surface area contributed by atoms with E-state index in [1.54, 1.807) is 36.5 Å². The first kappa shape index (κ1) is 18.5. The first-order chi connectivity index (χ1) is 13.0. The molecule has 0 spiro atoms. The number of carbonyl (C=O) groups is 2. The summed E-state index contributed by atoms with van der Waals surface area (Å²) in [6.45, 7) is 4.56. The van der Waals surface area contributed by atoms with Crippen molar-refractivity contribution >= 4 is 17.4 Å². The number of Topliss-reactive ketones (excluding diaryl/α,β-unsaturated/α-hetero) is 1. The summed E-state index contributed by atoms with van der Waals surface area (Å²) in [5.41, 5.74) is 2.72. The Bertz CT molecular complexity index is 959. The summed E-state index contributed by atoms with van der Waals surface area (Å²) in [6, 6.07) is 9.47. The number of carbonyl (C=O) groups excluding carboxylic acids is 2. The highest BCUT2D eigenvalue weighted by Gasteiger charge is 2.25. The number of para-hydroxylation sites is 1. The molecule has 0 aliphatic carbocycles. The van der Waals surface area contributed by atoms with Gasteiger partial charge in [-0.15, -0.1) is 0 Å². The number of anilines is 1. The molecule has 0 unspecified atom stereocenters. The maximum Gasteiger partial charge on any atom is 0.296 e. The lowest BCUT2D eigenvalue weighted by atomic mass is 10.1. The normalized spacial score (nSPS) is 10.8. The first-order valence-electron chi connectivity index (χ1n) is 8.50. The minimum atomic E-state index is -0.722. The molecule has 0 radical (unpaired) electrons. The highest BCUT2D eigenvalue weighted by Crippen LogP contribution is 2.19. The van der Waals surface area contributed by atoms with E-state index in [-0.39, 0.29) is 0 Å². The van der Waals surface area contributed by atoms with Crippen LogP contribution in [-0.2, 0) is 16.1 Å². The predicted octanol–water partition coefficient (Wildman–Crippen LogP) is 2.15. The van der Waals surface area contributed by atoms with E-state index in [1.807, 2.05) is 30.3 Å². The molecule has 1 amide bonds. The predicted molar refractivity (Wildman–Crippen MR) is 100 cm³/mol. The lowest BCUT2D eigenvalue weighted by Crippen LogP contribution is -2.23. The van der Waals surface area contributed by atoms with Crippen LogP contribution in [-0.4, -0.2) is 45.0 Å². The van der Waals surface area contributed by atoms with E-state index in [0.717, 1.165) is 5.69 Å². The monoisotopic (exact) mass is 367 g/mol. The van der Waals surface area contributed by atoms with Gasteiger partial charge in [-0.25, -0.2) is 4.68 Å². The van der Waals surface area contributed by atoms with E-state index in [1.165, 1.54) is 6.20 Å². The fourth-order valence-electron chi connectivity index (χ4n) is 2.83. The van der Waals surface area contributed by atoms with Crippen LogP contribution in [0.15, 0.2) is 42.7 Å². The molecule has 140 valence electrons. The van der Waals surface area contributed by atoms with Crippen LogP contribution in [0.3, 0.4) is 0 Å². The fourth-order valence-corrected chi connectivity index (χ4v) is 2.83. The standard InChI is InChI=1S/C19H21N5O3/c1-13-17(14(2)24(22-13)16-7-5-4-6-8-16)18(25)19(26)21-15-11-20-23(12-15)9-10-27-3/h4-8,11-12H,9-10H2,1-3H3,(H,21,26). The van der Waals surface area contributed by atoms with Gasteiger partial charge in [0.15, 0.2) is 0 Å². The average Bonchev–Trinajstić information content (AvgIpc) is 3.23. The van der Waals surface area contributed by atoms with Gasteiger partial charge in [-0.1, -0.05) is 18.2 Å². The molecule has 1 N–H and O–H groups in total. The Kier molecular flexibility index (Phi) is 5.46. The Hall–Kier alpha value is -3.26. The summed E-state index contributed by atoms with van der Waals surface area (Å²) in [6.07, 6.45) is 3.14. The van der Waals surface area contributed by atoms with Crippen molar-refractivity contribution in [2.24, 2.45) is 0 Å². The molecule has 1 aromatic carbocycles. The van der Waals surface area contributed by atoms with Crippen molar-refractivity contribution < 1.29 is 14.3 Å². The third-order valence-corrected chi connectivity index (χ3v) is 4.14. The molecule has 0 bridgehead atoms. The smallest absolute Gasteiger partial charge is 0.296 e. The summed E-state index contributed by atoms with van der Waals surface area (Å²) < 4.78 is 8.28. The van der Waals surface area contributed by atoms with Crippen molar-refractivity contribution in [1.29, 1.82) is 0 Å². The molecule has 0 saturated carbocycles. The van der Waals surface area contributed by atoms with E-state index in [4.69, 9.17) is 4.74 Å². The van der Waals surface area contributed by atoms with Crippen LogP contribution >= 0.6 is 0 Å². The summed E-state index contributed by atoms with van der Waals surface area (Å²) in [5.74, 6) is -1.35. The molecule has 2 heterocycles. The molecule has 2 aromatic heterocycles. The van der Waals surface area contributed by atoms with E-state index >= 15 is 0 Å². The molecule has 0 atom stereocenters. The Morgan fingerprint density at radius 2 is 1.93 bits per heavy atom. The lowest BCUT2D eigenvalue weighted by molar-refractivity contribution is -0.112. The highest BCUT2D eigenvalue weighted by atomic mass is 16.5. The van der Waals surface area contributed by atoms with Gasteiger partial charge in [0, 0.05) is 13.3 Å². The van der Waals surface area contributed by atoms with Crippen molar-refractivity contribution in [2.45, 2.75) is 20.4 Å². The minimum Gasteiger partial charge on any atom is -0.383 e. The van der Waals surface area contributed by atoms with Crippen LogP contribution in [0.5, 0.6) is 0 Å². The van der Waals surface area contributed by atoms with Crippen molar-refractivity contribution in [3.05, 3.63) is 59.7 Å². The molecule has 3 aromatic rings. The van der Waals surface area contributed by atoms with Gasteiger partial charge in [0.05, 0.1) is 47.7 Å². The number of nitrogens with one attached hydrogen (secondary N) is 1. The van der Waals surface area contributed by atoms with E-state index in [0.29, 0.717) is 35.8 Å². The number of hydrogen-bond acceptors (Lipinski definition) is 5. The molecular weight excluding hydrogens is 346 g/mol. The van der Waals surface area contributed by atoms with Gasteiger partial charge < -0.3 is 10.1 Å². The third-order valence-electron chi connectivity index (χ3n) is 4.14. The third kappa shape index (κ3) is 3.95. The Morgan fingerprint density at radius 3 is 2.63 bits per heavy atom. The molecule has 0 fully saturated rings. The van der Waals surface area contributed by atoms with Crippen LogP contribution in [0.1, 0.15) is 21.7 Å². The van der Waals surface area contributed by atoms with Gasteiger partial charge in [-0.3, -0.25) is 14.3 Å². The molecule has 0 saturated heterocycles. The number of hydrogen-bond donors (Lipinski definition) is 1. The summed E-state index contributed by atoms with van der Waals surface area (Å²) in [7, 11) is 1.60. The number of nitrogens with zero attached hydrogens (tertiary/aromatic N) is 4. The molecule has 8 nitrogen and oxygen atoms in total. The van der Waals surface area contributed by atoms with Crippen LogP contribution in [0, 0.1) is 13.8 Å². The molecule has 0 aliphatic heterocycles. The van der Waals surface area contributed by atoms with Crippen molar-refractivity contribution in [3.8, 4) is 5.69 Å². The summed E-state index contributed by atoms with van der Waals surface area (Å²) >= 11 is 0. The topological polar surface area (TPSA) is 91.0 Å². The zero-order valence-corrected chi connectivity index (χ0v) is 15.5. The highest BCUT2D eigenvalue weighted by molar-refractivity contribution is 6.47. The second-order valence-corrected chi connectivity index (χ2v) is 6.06. The molecule has 8 heteroatoms. The number of ether oxygens (including phenoxy) is 1. The number of amides is 1. The number of ketones is 1. The number of benzene rings is 1. The number of aromatic nitrogens is 4. The Balaban J connectivity index is 1.78. The maximum atomic E-state index is 12.7. The number of aryl methyl sites for hydroxylation is 1. The van der Waals surface area contributed by atoms with E-state index in [9.17, 15) is 9.59 Å². The lowest BCUT2D eigenvalue weighted by Gasteiger charge is -2.05. The number of methoxy groups -OCH3 is 1. The van der Waals surface area contributed by atoms with Crippen LogP contribution in [0.4, 0.5) is 5.69 Å². The Labute approximate surface area is 156 Å². The zero-order chi connectivity index (χ0) is 19.4. The first-order valence-corrected chi connectivity index (χ1v) is 8.50. The van der Waals surface area contributed by atoms with Crippen molar-refractivity contribution in [3.63, 3.8) is 0 Å². The van der Waals surface area contributed by atoms with Gasteiger partial charge in [-0.2, -0.15) is 10.2 Å². The van der Waals surface area contributed by atoms with Crippen LogP contribution in [0.25, 0.3) is 5.69 Å². The van der Waals surface area contributed by atoms with Crippen molar-refractivity contribution in [1.82, 2.24) is 19.6 Å². The van der Waals surface area contributed by atoms with E-state index in [2.05, 4.69) is 15.5 Å². The second kappa shape index (κ2) is 7.96. The van der Waals surface area contributed by atoms with Gasteiger partial charge >= 0.3 is 0 Å². The molecule has 0 aliphatic rings. The summed E-state index contributed by atoms with van der Waals surface area (Å²) in [5, 5.41) is 11.1. The minimum absolute atomic E-state index is 0.308. The van der Waals surface area contributed by atoms with Crippen LogP contribution < -0.4 is 5.32 Å². The second-order valence-electron chi connectivity index (χ2n) is 6.06. The molecular formula is C19H21N5O3. The number of rotatable bonds is 7. The van der Waals surface area contributed by atoms with Gasteiger partial charge in [0.1, 0.15) is 0 Å². The molecule has 27 heavy (non-hydrogen) atoms. The fraction of sp³-hybridized carbons (Fsp3) is 0.263. The van der Waals surface area contributed by atoms with Gasteiger partial charge in [0.25, 0.3) is 11.7 Å². The average molecular weight is 367 g/mol. The maximum absolute atomic E-state index is 12.7. The van der Waals surface area contributed by atoms with Crippen LogP contribution in [0.2, 0.25) is 0 Å². The molecule has 3 rings (SSSR count). The van der Waals surface area contributed by atoms with Gasteiger partial charge in [-0.05, 0) is 26.0 Å². The quantitative estimate of drug-likeness (QED) is 0.510. The zero-order valence-electron chi connectivity index (χ0n) is 15.5. The largest absolute Gasteiger partial charge is 0.383 e. The van der Waals surface area contributed by atoms with E-state index < -0.39 is 11.7 Å². The SMILES string of the molecule is COCCn1cc(NC(=O)C(=O)c2c(C)nn(-c3ccccc3)c2C)cn1. The van der Waals surface area contributed by atoms with Gasteiger partial charge in [0.2, 0.25) is 0 Å².